The third kappa shape index (κ3) is 3.31. The molecule has 1 aromatic carbocycles. The molecule has 0 amide bonds. The molecule has 0 fully saturated rings. The Balaban J connectivity index is 1.97. The van der Waals surface area contributed by atoms with Crippen molar-refractivity contribution < 1.29 is 17.9 Å². The number of benzene rings is 1. The first-order chi connectivity index (χ1) is 10.4. The Morgan fingerprint density at radius 3 is 2.50 bits per heavy atom. The highest BCUT2D eigenvalue weighted by Gasteiger charge is 2.32. The fourth-order valence-electron chi connectivity index (χ4n) is 1.91. The van der Waals surface area contributed by atoms with Crippen LogP contribution in [0, 0.1) is 12.3 Å². The standard InChI is InChI=1S/C15H9F3NOS2/c1-9-8-21-14(19-9)13-7-6-12(22-13)10-4-2-3-5-11(10)20-15(16,17)18/h2-7H,1H3. The predicted molar refractivity (Wildman–Crippen MR) is 81.1 cm³/mol. The summed E-state index contributed by atoms with van der Waals surface area (Å²) in [5, 5.41) is 3.83. The van der Waals surface area contributed by atoms with Crippen LogP contribution < -0.4 is 4.74 Å². The van der Waals surface area contributed by atoms with Crippen LogP contribution >= 0.6 is 22.7 Å². The van der Waals surface area contributed by atoms with Crippen molar-refractivity contribution in [1.29, 1.82) is 0 Å². The molecule has 2 nitrogen and oxygen atoms in total. The first-order valence-corrected chi connectivity index (χ1v) is 7.86. The molecule has 3 rings (SSSR count). The summed E-state index contributed by atoms with van der Waals surface area (Å²) < 4.78 is 41.5. The maximum atomic E-state index is 12.5. The lowest BCUT2D eigenvalue weighted by Gasteiger charge is -2.12. The molecule has 0 saturated carbocycles. The lowest BCUT2D eigenvalue weighted by molar-refractivity contribution is -0.274. The number of ether oxygens (including phenoxy) is 1. The summed E-state index contributed by atoms with van der Waals surface area (Å²) in [5.74, 6) is -0.203. The lowest BCUT2D eigenvalue weighted by atomic mass is 10.1. The minimum absolute atomic E-state index is 0.203. The van der Waals surface area contributed by atoms with Gasteiger partial charge in [-0.1, -0.05) is 12.1 Å². The summed E-state index contributed by atoms with van der Waals surface area (Å²) in [6.07, 6.45) is -4.71. The van der Waals surface area contributed by atoms with Crippen molar-refractivity contribution in [3.05, 3.63) is 47.5 Å². The molecular formula is C15H9F3NOS2. The van der Waals surface area contributed by atoms with Crippen LogP contribution in [0.1, 0.15) is 5.69 Å². The van der Waals surface area contributed by atoms with Crippen LogP contribution in [-0.2, 0) is 0 Å². The molecule has 22 heavy (non-hydrogen) atoms. The van der Waals surface area contributed by atoms with Crippen LogP contribution in [0.25, 0.3) is 20.3 Å². The highest BCUT2D eigenvalue weighted by Crippen LogP contribution is 2.40. The minimum Gasteiger partial charge on any atom is -0.405 e. The van der Waals surface area contributed by atoms with Gasteiger partial charge in [0.2, 0.25) is 0 Å². The van der Waals surface area contributed by atoms with Crippen molar-refractivity contribution in [1.82, 2.24) is 4.98 Å². The average molecular weight is 340 g/mol. The highest BCUT2D eigenvalue weighted by molar-refractivity contribution is 7.22. The Labute approximate surface area is 132 Å². The molecule has 0 saturated heterocycles. The number of hydrogen-bond acceptors (Lipinski definition) is 4. The Morgan fingerprint density at radius 1 is 1.09 bits per heavy atom. The third-order valence-corrected chi connectivity index (χ3v) is 4.92. The van der Waals surface area contributed by atoms with Gasteiger partial charge in [-0.15, -0.1) is 35.8 Å². The monoisotopic (exact) mass is 340 g/mol. The van der Waals surface area contributed by atoms with Crippen LogP contribution in [0.4, 0.5) is 13.2 Å². The van der Waals surface area contributed by atoms with Crippen LogP contribution in [0.2, 0.25) is 0 Å². The number of aromatic nitrogens is 1. The van der Waals surface area contributed by atoms with Gasteiger partial charge in [-0.3, -0.25) is 0 Å². The van der Waals surface area contributed by atoms with Gasteiger partial charge in [-0.05, 0) is 31.2 Å². The van der Waals surface area contributed by atoms with Crippen molar-refractivity contribution in [2.45, 2.75) is 13.3 Å². The van der Waals surface area contributed by atoms with Gasteiger partial charge in [0, 0.05) is 10.4 Å². The summed E-state index contributed by atoms with van der Waals surface area (Å²) in [4.78, 5) is 5.92. The van der Waals surface area contributed by atoms with Gasteiger partial charge in [-0.2, -0.15) is 0 Å². The van der Waals surface area contributed by atoms with Crippen molar-refractivity contribution in [3.8, 4) is 26.1 Å². The minimum atomic E-state index is -4.71. The van der Waals surface area contributed by atoms with Gasteiger partial charge in [-0.25, -0.2) is 4.98 Å². The first-order valence-electron chi connectivity index (χ1n) is 6.23. The molecule has 2 heterocycles. The molecule has 0 bridgehead atoms. The first kappa shape index (κ1) is 15.1. The lowest BCUT2D eigenvalue weighted by Crippen LogP contribution is -2.17. The van der Waals surface area contributed by atoms with Crippen LogP contribution in [0.5, 0.6) is 5.75 Å². The van der Waals surface area contributed by atoms with E-state index in [0.717, 1.165) is 15.6 Å². The third-order valence-electron chi connectivity index (χ3n) is 2.76. The zero-order valence-corrected chi connectivity index (χ0v) is 12.9. The maximum absolute atomic E-state index is 12.5. The summed E-state index contributed by atoms with van der Waals surface area (Å²) in [7, 11) is 0. The Bertz CT molecular complexity index is 792. The molecule has 0 atom stereocenters. The number of hydrogen-bond donors (Lipinski definition) is 0. The Hall–Kier alpha value is -1.86. The number of alkyl halides is 3. The molecule has 0 unspecified atom stereocenters. The van der Waals surface area contributed by atoms with Gasteiger partial charge in [0.05, 0.1) is 16.0 Å². The van der Waals surface area contributed by atoms with Crippen LogP contribution in [0.3, 0.4) is 0 Å². The van der Waals surface area contributed by atoms with E-state index in [4.69, 9.17) is 0 Å². The second kappa shape index (κ2) is 5.73. The topological polar surface area (TPSA) is 22.1 Å². The van der Waals surface area contributed by atoms with Crippen molar-refractivity contribution >= 4 is 22.7 Å². The normalized spacial score (nSPS) is 11.6. The van der Waals surface area contributed by atoms with E-state index < -0.39 is 6.36 Å². The van der Waals surface area contributed by atoms with E-state index in [1.807, 2.05) is 13.0 Å². The van der Waals surface area contributed by atoms with Crippen molar-refractivity contribution in [2.24, 2.45) is 0 Å². The fourth-order valence-corrected chi connectivity index (χ4v) is 3.72. The van der Waals surface area contributed by atoms with Crippen molar-refractivity contribution in [2.75, 3.05) is 0 Å². The van der Waals surface area contributed by atoms with Gasteiger partial charge >= 0.3 is 6.36 Å². The second-order valence-corrected chi connectivity index (χ2v) is 6.29. The molecule has 113 valence electrons. The summed E-state index contributed by atoms with van der Waals surface area (Å²) >= 11 is 2.76. The SMILES string of the molecule is Cc1[c]sc(-c2ccc(-c3ccccc3OC(F)(F)F)s2)n1. The van der Waals surface area contributed by atoms with Gasteiger partial charge in [0.15, 0.2) is 0 Å². The quantitative estimate of drug-likeness (QED) is 0.624. The maximum Gasteiger partial charge on any atom is 0.573 e. The second-order valence-electron chi connectivity index (χ2n) is 4.41. The molecule has 3 aromatic rings. The molecule has 0 aliphatic heterocycles. The highest BCUT2D eigenvalue weighted by atomic mass is 32.1. The van der Waals surface area contributed by atoms with E-state index in [1.165, 1.54) is 34.8 Å². The number of nitrogens with zero attached hydrogens (tertiary/aromatic N) is 1. The molecule has 2 aromatic heterocycles. The van der Waals surface area contributed by atoms with E-state index in [1.54, 1.807) is 18.2 Å². The number of para-hydroxylation sites is 1. The number of rotatable bonds is 3. The van der Waals surface area contributed by atoms with E-state index >= 15 is 0 Å². The molecule has 7 heteroatoms. The summed E-state index contributed by atoms with van der Waals surface area (Å²) in [6.45, 7) is 1.85. The van der Waals surface area contributed by atoms with Gasteiger partial charge in [0.1, 0.15) is 10.8 Å². The predicted octanol–water partition coefficient (Wildman–Crippen LogP) is 5.55. The number of thiophene rings is 1. The van der Waals surface area contributed by atoms with E-state index in [0.29, 0.717) is 10.4 Å². The zero-order valence-electron chi connectivity index (χ0n) is 11.3. The van der Waals surface area contributed by atoms with Gasteiger partial charge < -0.3 is 4.74 Å². The van der Waals surface area contributed by atoms with Crippen LogP contribution in [-0.4, -0.2) is 11.3 Å². The Kier molecular flexibility index (Phi) is 3.92. The zero-order chi connectivity index (χ0) is 15.7. The molecular weight excluding hydrogens is 331 g/mol. The molecule has 1 radical (unpaired) electrons. The molecule has 0 spiro atoms. The Morgan fingerprint density at radius 2 is 1.82 bits per heavy atom. The number of halogens is 3. The van der Waals surface area contributed by atoms with E-state index in [9.17, 15) is 13.2 Å². The smallest absolute Gasteiger partial charge is 0.405 e. The average Bonchev–Trinajstić information content (AvgIpc) is 3.06. The van der Waals surface area contributed by atoms with Crippen molar-refractivity contribution in [3.63, 3.8) is 0 Å². The molecule has 0 aliphatic rings. The summed E-state index contributed by atoms with van der Waals surface area (Å²) in [6, 6.07) is 9.72. The largest absolute Gasteiger partial charge is 0.573 e. The number of aryl methyl sites for hydroxylation is 1. The molecule has 0 N–H and O–H groups in total. The fraction of sp³-hybridized carbons (Fsp3) is 0.133. The summed E-state index contributed by atoms with van der Waals surface area (Å²) in [5.41, 5.74) is 1.21. The van der Waals surface area contributed by atoms with E-state index in [2.05, 4.69) is 15.1 Å². The van der Waals surface area contributed by atoms with E-state index in [-0.39, 0.29) is 5.75 Å². The number of thiazole rings is 1. The van der Waals surface area contributed by atoms with Gasteiger partial charge in [0.25, 0.3) is 0 Å². The van der Waals surface area contributed by atoms with Crippen LogP contribution in [0.15, 0.2) is 36.4 Å². The molecule has 0 aliphatic carbocycles.